The average molecular weight is 533 g/mol. The summed E-state index contributed by atoms with van der Waals surface area (Å²) in [5.74, 6) is -1.33. The van der Waals surface area contributed by atoms with Crippen molar-refractivity contribution in [3.05, 3.63) is 10.4 Å². The van der Waals surface area contributed by atoms with Gasteiger partial charge in [-0.1, -0.05) is 13.8 Å². The number of carbonyl (C=O) groups is 2. The zero-order valence-corrected chi connectivity index (χ0v) is 22.6. The molecule has 0 saturated carbocycles. The molecule has 2 heterocycles. The van der Waals surface area contributed by atoms with E-state index in [1.807, 2.05) is 32.8 Å². The molecule has 0 bridgehead atoms. The van der Waals surface area contributed by atoms with Gasteiger partial charge in [0.2, 0.25) is 5.91 Å². The van der Waals surface area contributed by atoms with Gasteiger partial charge in [0.15, 0.2) is 0 Å². The lowest BCUT2D eigenvalue weighted by Crippen LogP contribution is -2.58. The van der Waals surface area contributed by atoms with Crippen LogP contribution in [0.2, 0.25) is 0 Å². The summed E-state index contributed by atoms with van der Waals surface area (Å²) in [4.78, 5) is 31.9. The lowest BCUT2D eigenvalue weighted by molar-refractivity contribution is -0.164. The van der Waals surface area contributed by atoms with Crippen LogP contribution in [0.4, 0.5) is 28.7 Å². The predicted octanol–water partition coefficient (Wildman–Crippen LogP) is 3.03. The minimum Gasteiger partial charge on any atom is -0.396 e. The molecule has 1 aromatic rings. The number of hydrogen-bond acceptors (Lipinski definition) is 7. The van der Waals surface area contributed by atoms with Crippen LogP contribution in [0.25, 0.3) is 0 Å². The molecule has 1 saturated heterocycles. The van der Waals surface area contributed by atoms with Crippen molar-refractivity contribution in [3.63, 3.8) is 0 Å². The number of urea groups is 1. The Labute approximate surface area is 215 Å². The zero-order valence-electron chi connectivity index (χ0n) is 21.7. The minimum atomic E-state index is -4.40. The summed E-state index contributed by atoms with van der Waals surface area (Å²) in [7, 11) is 3.89. The van der Waals surface area contributed by atoms with E-state index in [0.717, 1.165) is 21.9 Å². The third kappa shape index (κ3) is 6.63. The van der Waals surface area contributed by atoms with Gasteiger partial charge >= 0.3 is 12.2 Å². The normalized spacial score (nSPS) is 22.8. The van der Waals surface area contributed by atoms with Gasteiger partial charge < -0.3 is 21.7 Å². The van der Waals surface area contributed by atoms with Crippen LogP contribution in [0.15, 0.2) is 0 Å². The molecular weight excluding hydrogens is 493 g/mol. The van der Waals surface area contributed by atoms with Crippen molar-refractivity contribution in [3.8, 4) is 0 Å². The summed E-state index contributed by atoms with van der Waals surface area (Å²) in [5, 5.41) is 3.33. The van der Waals surface area contributed by atoms with Crippen molar-refractivity contribution in [1.82, 2.24) is 20.0 Å². The number of fused-ring (bicyclic) bond motifs is 2. The van der Waals surface area contributed by atoms with E-state index >= 15 is 0 Å². The highest BCUT2D eigenvalue weighted by molar-refractivity contribution is 7.16. The van der Waals surface area contributed by atoms with E-state index in [9.17, 15) is 22.8 Å². The summed E-state index contributed by atoms with van der Waals surface area (Å²) in [6.07, 6.45) is -3.08. The van der Waals surface area contributed by atoms with Crippen LogP contribution < -0.4 is 16.8 Å². The van der Waals surface area contributed by atoms with E-state index in [1.54, 1.807) is 6.92 Å². The molecular formula is C24H39F3N6O2S. The Morgan fingerprint density at radius 2 is 1.86 bits per heavy atom. The molecule has 3 amide bonds. The van der Waals surface area contributed by atoms with Gasteiger partial charge in [0.25, 0.3) is 0 Å². The third-order valence-electron chi connectivity index (χ3n) is 7.10. The first kappa shape index (κ1) is 28.5. The standard InChI is InChI=1S/C24H39F3N6O2S/c1-6-33(22(35)30-11-23(2,3)12-31(4)5)21(34)15-7-14-8-16-18(36-20(29)19(16)28)9-17(14)32(10-15)13-24(25,26)27/h14-15,17H,6-13,28-29H2,1-5H3,(H,30,35)/t14-,15-,17-/m1/s1. The molecule has 3 rings (SSSR count). The minimum absolute atomic E-state index is 0.0406. The largest absolute Gasteiger partial charge is 0.401 e. The molecule has 0 radical (unpaired) electrons. The number of rotatable bonds is 7. The first-order valence-electron chi connectivity index (χ1n) is 12.3. The number of nitrogen functional groups attached to an aromatic ring is 2. The number of alkyl halides is 3. The Hall–Kier alpha value is -2.05. The highest BCUT2D eigenvalue weighted by Crippen LogP contribution is 2.45. The fourth-order valence-electron chi connectivity index (χ4n) is 5.75. The highest BCUT2D eigenvalue weighted by atomic mass is 32.1. The topological polar surface area (TPSA) is 108 Å². The first-order chi connectivity index (χ1) is 16.6. The molecule has 1 aliphatic carbocycles. The fraction of sp³-hybridized carbons (Fsp3) is 0.750. The summed E-state index contributed by atoms with van der Waals surface area (Å²) in [6.45, 7) is 5.84. The number of nitrogens with zero attached hydrogens (tertiary/aromatic N) is 3. The van der Waals surface area contributed by atoms with Crippen molar-refractivity contribution in [2.75, 3.05) is 58.3 Å². The van der Waals surface area contributed by atoms with Crippen molar-refractivity contribution in [2.45, 2.75) is 52.3 Å². The van der Waals surface area contributed by atoms with Gasteiger partial charge in [-0.15, -0.1) is 11.3 Å². The Morgan fingerprint density at radius 3 is 2.44 bits per heavy atom. The van der Waals surface area contributed by atoms with E-state index in [1.165, 1.54) is 16.2 Å². The number of hydrogen-bond donors (Lipinski definition) is 3. The van der Waals surface area contributed by atoms with Crippen LogP contribution in [0.3, 0.4) is 0 Å². The van der Waals surface area contributed by atoms with Crippen LogP contribution in [-0.4, -0.2) is 85.7 Å². The molecule has 3 atom stereocenters. The average Bonchev–Trinajstić information content (AvgIpc) is 3.02. The monoisotopic (exact) mass is 532 g/mol. The summed E-state index contributed by atoms with van der Waals surface area (Å²) in [5.41, 5.74) is 13.3. The summed E-state index contributed by atoms with van der Waals surface area (Å²) < 4.78 is 40.5. The van der Waals surface area contributed by atoms with Gasteiger partial charge in [0.1, 0.15) is 5.00 Å². The van der Waals surface area contributed by atoms with Crippen molar-refractivity contribution >= 4 is 34.0 Å². The second-order valence-electron chi connectivity index (χ2n) is 11.1. The molecule has 0 aromatic carbocycles. The van der Waals surface area contributed by atoms with Gasteiger partial charge in [-0.05, 0) is 57.2 Å². The molecule has 2 aliphatic rings. The summed E-state index contributed by atoms with van der Waals surface area (Å²) in [6, 6.07) is -0.865. The Bertz CT molecular complexity index is 964. The number of halogens is 3. The Balaban J connectivity index is 1.77. The second-order valence-corrected chi connectivity index (χ2v) is 12.3. The number of thiophene rings is 1. The predicted molar refractivity (Wildman–Crippen MR) is 137 cm³/mol. The molecule has 204 valence electrons. The lowest BCUT2D eigenvalue weighted by atomic mass is 9.74. The lowest BCUT2D eigenvalue weighted by Gasteiger charge is -2.47. The first-order valence-corrected chi connectivity index (χ1v) is 13.1. The SMILES string of the molecule is CCN(C(=O)NCC(C)(C)CN(C)C)C(=O)[C@@H]1C[C@@H]2Cc3c(sc(N)c3N)C[C@H]2N(CC(F)(F)F)C1. The molecule has 8 nitrogen and oxygen atoms in total. The van der Waals surface area contributed by atoms with Gasteiger partial charge in [-0.3, -0.25) is 14.6 Å². The van der Waals surface area contributed by atoms with E-state index in [0.29, 0.717) is 36.5 Å². The Kier molecular flexibility index (Phi) is 8.51. The number of carbonyl (C=O) groups excluding carboxylic acids is 2. The smallest absolute Gasteiger partial charge is 0.396 e. The maximum Gasteiger partial charge on any atom is 0.401 e. The van der Waals surface area contributed by atoms with Crippen molar-refractivity contribution < 1.29 is 22.8 Å². The number of piperidine rings is 1. The molecule has 5 N–H and O–H groups in total. The van der Waals surface area contributed by atoms with Crippen LogP contribution in [0.1, 0.15) is 37.6 Å². The van der Waals surface area contributed by atoms with Crippen LogP contribution in [-0.2, 0) is 17.6 Å². The van der Waals surface area contributed by atoms with Gasteiger partial charge in [-0.25, -0.2) is 4.79 Å². The highest BCUT2D eigenvalue weighted by Gasteiger charge is 2.47. The second kappa shape index (κ2) is 10.7. The van der Waals surface area contributed by atoms with Crippen LogP contribution in [0, 0.1) is 17.3 Å². The Morgan fingerprint density at radius 1 is 1.19 bits per heavy atom. The van der Waals surface area contributed by atoms with Gasteiger partial charge in [0.05, 0.1) is 18.2 Å². The van der Waals surface area contributed by atoms with Gasteiger partial charge in [0, 0.05) is 37.1 Å². The molecule has 0 spiro atoms. The zero-order chi connectivity index (χ0) is 27.0. The third-order valence-corrected chi connectivity index (χ3v) is 8.20. The molecule has 1 aliphatic heterocycles. The van der Waals surface area contributed by atoms with Crippen molar-refractivity contribution in [1.29, 1.82) is 0 Å². The van der Waals surface area contributed by atoms with Crippen molar-refractivity contribution in [2.24, 2.45) is 17.3 Å². The summed E-state index contributed by atoms with van der Waals surface area (Å²) >= 11 is 1.34. The van der Waals surface area contributed by atoms with Crippen LogP contribution >= 0.6 is 11.3 Å². The van der Waals surface area contributed by atoms with Gasteiger partial charge in [-0.2, -0.15) is 13.2 Å². The molecule has 12 heteroatoms. The number of amides is 3. The number of likely N-dealkylation sites (tertiary alicyclic amines) is 1. The fourth-order valence-corrected chi connectivity index (χ4v) is 6.82. The number of nitrogens with two attached hydrogens (primary N) is 2. The van der Waals surface area contributed by atoms with E-state index < -0.39 is 30.6 Å². The molecule has 0 unspecified atom stereocenters. The van der Waals surface area contributed by atoms with E-state index in [-0.39, 0.29) is 30.5 Å². The molecule has 1 aromatic heterocycles. The van der Waals surface area contributed by atoms with Crippen LogP contribution in [0.5, 0.6) is 0 Å². The maximum atomic E-state index is 13.5. The molecule has 1 fully saturated rings. The number of anilines is 2. The molecule has 36 heavy (non-hydrogen) atoms. The number of imide groups is 1. The quantitative estimate of drug-likeness (QED) is 0.498. The van der Waals surface area contributed by atoms with E-state index in [4.69, 9.17) is 11.5 Å². The maximum absolute atomic E-state index is 13.5. The number of nitrogens with one attached hydrogen (secondary N) is 1. The van der Waals surface area contributed by atoms with E-state index in [2.05, 4.69) is 5.32 Å².